The highest BCUT2D eigenvalue weighted by Crippen LogP contribution is 2.23. The first-order chi connectivity index (χ1) is 17.0. The molecule has 1 aromatic heterocycles. The Morgan fingerprint density at radius 3 is 2.77 bits per heavy atom. The molecular formula is C25H27Cl2N5O3. The number of amides is 1. The standard InChI is InChI=1S/C25H27Cl2N5O3/c26-19-7-8-21-18(12-19)13-29-23(33)16-32-22(27)15-30-24(25(32)34)31-20(14-28-9-4-10-35-21)11-17-5-2-1-3-6-17/h1-3,5-8,12,15,20,28H,4,9-11,13-14,16H2,(H,29,33)(H,30,31)/t20-/m0/s1. The Hall–Kier alpha value is -3.07. The summed E-state index contributed by atoms with van der Waals surface area (Å²) in [5.41, 5.74) is 1.42. The van der Waals surface area contributed by atoms with Crippen LogP contribution in [0.25, 0.3) is 0 Å². The zero-order valence-corrected chi connectivity index (χ0v) is 20.6. The van der Waals surface area contributed by atoms with Gasteiger partial charge in [-0.25, -0.2) is 4.98 Å². The number of nitrogens with zero attached hydrogens (tertiary/aromatic N) is 2. The minimum absolute atomic E-state index is 0.0816. The number of ether oxygens (including phenoxy) is 1. The molecule has 35 heavy (non-hydrogen) atoms. The number of benzene rings is 2. The highest BCUT2D eigenvalue weighted by Gasteiger charge is 2.17. The van der Waals surface area contributed by atoms with E-state index in [1.165, 1.54) is 10.8 Å². The molecule has 2 aromatic carbocycles. The lowest BCUT2D eigenvalue weighted by Gasteiger charge is -2.20. The largest absolute Gasteiger partial charge is 0.493 e. The highest BCUT2D eigenvalue weighted by atomic mass is 35.5. The average molecular weight is 516 g/mol. The first kappa shape index (κ1) is 25.0. The van der Waals surface area contributed by atoms with Crippen LogP contribution in [0.1, 0.15) is 17.5 Å². The average Bonchev–Trinajstić information content (AvgIpc) is 2.85. The lowest BCUT2D eigenvalue weighted by Crippen LogP contribution is -2.39. The molecule has 8 nitrogen and oxygen atoms in total. The van der Waals surface area contributed by atoms with Gasteiger partial charge in [-0.3, -0.25) is 14.2 Å². The van der Waals surface area contributed by atoms with Gasteiger partial charge in [-0.1, -0.05) is 53.5 Å². The summed E-state index contributed by atoms with van der Waals surface area (Å²) >= 11 is 12.4. The van der Waals surface area contributed by atoms with Crippen molar-refractivity contribution in [3.8, 4) is 5.75 Å². The van der Waals surface area contributed by atoms with E-state index in [2.05, 4.69) is 20.9 Å². The van der Waals surface area contributed by atoms with Crippen LogP contribution in [0, 0.1) is 0 Å². The number of halogens is 2. The van der Waals surface area contributed by atoms with Gasteiger partial charge in [0.2, 0.25) is 5.91 Å². The summed E-state index contributed by atoms with van der Waals surface area (Å²) < 4.78 is 7.15. The van der Waals surface area contributed by atoms with Crippen LogP contribution in [-0.4, -0.2) is 41.2 Å². The SMILES string of the molecule is O=C1Cn2c(Cl)cnc(c2=O)N[C@@H](Cc2ccccc2)CNCCCOc2ccc(Cl)cc2CN1. The van der Waals surface area contributed by atoms with Crippen molar-refractivity contribution in [1.82, 2.24) is 20.2 Å². The summed E-state index contributed by atoms with van der Waals surface area (Å²) in [6, 6.07) is 15.2. The minimum atomic E-state index is -0.457. The van der Waals surface area contributed by atoms with Crippen molar-refractivity contribution in [1.29, 1.82) is 0 Å². The molecule has 1 aliphatic rings. The van der Waals surface area contributed by atoms with E-state index < -0.39 is 5.56 Å². The van der Waals surface area contributed by atoms with Crippen molar-refractivity contribution >= 4 is 34.9 Å². The quantitative estimate of drug-likeness (QED) is 0.484. The minimum Gasteiger partial charge on any atom is -0.493 e. The van der Waals surface area contributed by atoms with Crippen LogP contribution in [0.4, 0.5) is 5.82 Å². The fourth-order valence-electron chi connectivity index (χ4n) is 3.86. The zero-order valence-electron chi connectivity index (χ0n) is 19.1. The normalized spacial score (nSPS) is 17.3. The molecular weight excluding hydrogens is 489 g/mol. The molecule has 0 aliphatic carbocycles. The Morgan fingerprint density at radius 2 is 1.94 bits per heavy atom. The fraction of sp³-hybridized carbons (Fsp3) is 0.320. The van der Waals surface area contributed by atoms with Crippen LogP contribution >= 0.6 is 23.2 Å². The van der Waals surface area contributed by atoms with Crippen LogP contribution in [0.2, 0.25) is 10.2 Å². The number of anilines is 1. The Morgan fingerprint density at radius 1 is 1.11 bits per heavy atom. The monoisotopic (exact) mass is 515 g/mol. The van der Waals surface area contributed by atoms with E-state index in [1.807, 2.05) is 30.3 Å². The lowest BCUT2D eigenvalue weighted by atomic mass is 10.1. The second-order valence-electron chi connectivity index (χ2n) is 8.29. The van der Waals surface area contributed by atoms with Crippen molar-refractivity contribution in [2.75, 3.05) is 25.0 Å². The molecule has 4 rings (SSSR count). The Balaban J connectivity index is 1.59. The number of aromatic nitrogens is 2. The molecule has 1 amide bonds. The molecule has 184 valence electrons. The maximum atomic E-state index is 13.1. The van der Waals surface area contributed by atoms with Crippen LogP contribution in [-0.2, 0) is 24.3 Å². The molecule has 1 aliphatic heterocycles. The number of hydrogen-bond acceptors (Lipinski definition) is 6. The molecule has 0 unspecified atom stereocenters. The Bertz CT molecular complexity index is 1220. The topological polar surface area (TPSA) is 97.3 Å². The molecule has 2 bridgehead atoms. The summed E-state index contributed by atoms with van der Waals surface area (Å²) in [6.07, 6.45) is 2.84. The summed E-state index contributed by atoms with van der Waals surface area (Å²) in [6.45, 7) is 1.79. The lowest BCUT2D eigenvalue weighted by molar-refractivity contribution is -0.121. The molecule has 0 spiro atoms. The number of carbonyl (C=O) groups excluding carboxylic acids is 1. The summed E-state index contributed by atoms with van der Waals surface area (Å²) in [4.78, 5) is 30.0. The number of fused-ring (bicyclic) bond motifs is 3. The second-order valence-corrected chi connectivity index (χ2v) is 9.11. The molecule has 1 atom stereocenters. The van der Waals surface area contributed by atoms with Crippen LogP contribution in [0.5, 0.6) is 5.75 Å². The predicted octanol–water partition coefficient (Wildman–Crippen LogP) is 3.26. The molecule has 10 heteroatoms. The number of carbonyl (C=O) groups is 1. The van der Waals surface area contributed by atoms with E-state index in [1.54, 1.807) is 18.2 Å². The second kappa shape index (κ2) is 12.1. The van der Waals surface area contributed by atoms with Crippen molar-refractivity contribution in [2.45, 2.75) is 32.0 Å². The van der Waals surface area contributed by atoms with Crippen molar-refractivity contribution in [3.63, 3.8) is 0 Å². The van der Waals surface area contributed by atoms with E-state index in [9.17, 15) is 9.59 Å². The first-order valence-corrected chi connectivity index (χ1v) is 12.2. The number of nitrogens with one attached hydrogen (secondary N) is 3. The maximum Gasteiger partial charge on any atom is 0.294 e. The Labute approximate surface area is 213 Å². The van der Waals surface area contributed by atoms with E-state index in [4.69, 9.17) is 27.9 Å². The third-order valence-corrected chi connectivity index (χ3v) is 6.15. The van der Waals surface area contributed by atoms with Crippen LogP contribution in [0.15, 0.2) is 59.5 Å². The van der Waals surface area contributed by atoms with Crippen molar-refractivity contribution in [2.24, 2.45) is 0 Å². The molecule has 0 saturated carbocycles. The van der Waals surface area contributed by atoms with Gasteiger partial charge in [0.15, 0.2) is 5.82 Å². The number of rotatable bonds is 2. The summed E-state index contributed by atoms with van der Waals surface area (Å²) in [7, 11) is 0. The van der Waals surface area contributed by atoms with E-state index in [0.717, 1.165) is 24.1 Å². The van der Waals surface area contributed by atoms with Gasteiger partial charge < -0.3 is 20.7 Å². The molecule has 0 radical (unpaired) electrons. The van der Waals surface area contributed by atoms with E-state index >= 15 is 0 Å². The van der Waals surface area contributed by atoms with Gasteiger partial charge in [0.05, 0.1) is 12.8 Å². The van der Waals surface area contributed by atoms with E-state index in [-0.39, 0.29) is 36.0 Å². The molecule has 3 aromatic rings. The zero-order chi connectivity index (χ0) is 24.6. The van der Waals surface area contributed by atoms with Crippen molar-refractivity contribution < 1.29 is 9.53 Å². The Kier molecular flexibility index (Phi) is 8.63. The van der Waals surface area contributed by atoms with Gasteiger partial charge >= 0.3 is 0 Å². The number of hydrogen-bond donors (Lipinski definition) is 3. The fourth-order valence-corrected chi connectivity index (χ4v) is 4.24. The van der Waals surface area contributed by atoms with Crippen LogP contribution < -0.4 is 26.2 Å². The van der Waals surface area contributed by atoms with E-state index in [0.29, 0.717) is 30.3 Å². The van der Waals surface area contributed by atoms with Gasteiger partial charge in [-0.2, -0.15) is 0 Å². The third-order valence-electron chi connectivity index (χ3n) is 5.62. The molecule has 2 heterocycles. The smallest absolute Gasteiger partial charge is 0.294 e. The summed E-state index contributed by atoms with van der Waals surface area (Å²) in [5, 5.41) is 10.1. The van der Waals surface area contributed by atoms with Gasteiger partial charge in [0, 0.05) is 29.7 Å². The van der Waals surface area contributed by atoms with Gasteiger partial charge in [0.25, 0.3) is 5.56 Å². The van der Waals surface area contributed by atoms with Gasteiger partial charge in [-0.15, -0.1) is 0 Å². The van der Waals surface area contributed by atoms with Crippen LogP contribution in [0.3, 0.4) is 0 Å². The third kappa shape index (κ3) is 6.97. The van der Waals surface area contributed by atoms with Gasteiger partial charge in [-0.05, 0) is 43.1 Å². The predicted molar refractivity (Wildman–Crippen MR) is 137 cm³/mol. The summed E-state index contributed by atoms with van der Waals surface area (Å²) in [5.74, 6) is 0.433. The first-order valence-electron chi connectivity index (χ1n) is 11.4. The van der Waals surface area contributed by atoms with Gasteiger partial charge in [0.1, 0.15) is 17.4 Å². The molecule has 0 saturated heterocycles. The molecule has 0 fully saturated rings. The van der Waals surface area contributed by atoms with Crippen molar-refractivity contribution in [3.05, 3.63) is 86.4 Å². The maximum absolute atomic E-state index is 13.1. The molecule has 3 N–H and O–H groups in total. The highest BCUT2D eigenvalue weighted by molar-refractivity contribution is 6.30.